The third-order valence-corrected chi connectivity index (χ3v) is 2.40. The number of unbranched alkanes of at least 4 members (excludes halogenated alkanes) is 5. The van der Waals surface area contributed by atoms with Crippen molar-refractivity contribution in [2.45, 2.75) is 45.4 Å². The lowest BCUT2D eigenvalue weighted by Crippen LogP contribution is -2.00. The molecular weight excluding hydrogens is 202 g/mol. The third kappa shape index (κ3) is 5.53. The molecule has 0 spiro atoms. The molecule has 4 nitrogen and oxygen atoms in total. The van der Waals surface area contributed by atoms with Gasteiger partial charge in [0.2, 0.25) is 5.88 Å². The highest BCUT2D eigenvalue weighted by Crippen LogP contribution is 2.08. The Hall–Kier alpha value is -1.32. The van der Waals surface area contributed by atoms with Gasteiger partial charge >= 0.3 is 0 Å². The molecule has 0 radical (unpaired) electrons. The predicted octanol–water partition coefficient (Wildman–Crippen LogP) is 2.80. The number of nitrogen functional groups attached to an aromatic ring is 1. The lowest BCUT2D eigenvalue weighted by Gasteiger charge is -2.04. The van der Waals surface area contributed by atoms with Crippen molar-refractivity contribution in [1.29, 1.82) is 0 Å². The van der Waals surface area contributed by atoms with E-state index in [2.05, 4.69) is 16.9 Å². The van der Waals surface area contributed by atoms with Gasteiger partial charge in [-0.25, -0.2) is 9.97 Å². The van der Waals surface area contributed by atoms with E-state index in [0.717, 1.165) is 6.42 Å². The molecule has 0 amide bonds. The van der Waals surface area contributed by atoms with Crippen LogP contribution in [0.3, 0.4) is 0 Å². The first-order valence-electron chi connectivity index (χ1n) is 6.03. The van der Waals surface area contributed by atoms with Crippen molar-refractivity contribution in [2.75, 3.05) is 12.3 Å². The molecule has 0 saturated carbocycles. The van der Waals surface area contributed by atoms with Gasteiger partial charge in [-0.1, -0.05) is 39.0 Å². The van der Waals surface area contributed by atoms with Gasteiger partial charge in [-0.15, -0.1) is 0 Å². The molecule has 0 aliphatic heterocycles. The van der Waals surface area contributed by atoms with E-state index in [9.17, 15) is 0 Å². The molecule has 0 bridgehead atoms. The number of hydrogen-bond acceptors (Lipinski definition) is 4. The number of nitrogens with two attached hydrogens (primary N) is 1. The smallest absolute Gasteiger partial charge is 0.232 e. The highest BCUT2D eigenvalue weighted by atomic mass is 16.5. The van der Waals surface area contributed by atoms with Crippen LogP contribution in [0.25, 0.3) is 0 Å². The minimum Gasteiger partial charge on any atom is -0.477 e. The number of ether oxygens (including phenoxy) is 1. The average Bonchev–Trinajstić information content (AvgIpc) is 2.30. The van der Waals surface area contributed by atoms with E-state index < -0.39 is 0 Å². The summed E-state index contributed by atoms with van der Waals surface area (Å²) in [5, 5.41) is 0. The van der Waals surface area contributed by atoms with Gasteiger partial charge in [0.1, 0.15) is 5.82 Å². The molecule has 0 aliphatic rings. The Morgan fingerprint density at radius 3 is 2.50 bits per heavy atom. The summed E-state index contributed by atoms with van der Waals surface area (Å²) in [4.78, 5) is 7.92. The summed E-state index contributed by atoms with van der Waals surface area (Å²) in [5.41, 5.74) is 5.42. The summed E-state index contributed by atoms with van der Waals surface area (Å²) in [6.45, 7) is 2.94. The normalized spacial score (nSPS) is 10.3. The standard InChI is InChI=1S/C12H21N3O/c1-2-3-4-5-6-7-8-16-12-10-14-11(13)9-15-12/h9-10H,2-8H2,1H3,(H2,13,14). The fraction of sp³-hybridized carbons (Fsp3) is 0.667. The molecule has 1 aromatic rings. The molecule has 0 aromatic carbocycles. The van der Waals surface area contributed by atoms with Gasteiger partial charge in [0.15, 0.2) is 0 Å². The maximum absolute atomic E-state index is 5.44. The van der Waals surface area contributed by atoms with E-state index in [1.807, 2.05) is 0 Å². The zero-order valence-corrected chi connectivity index (χ0v) is 9.98. The fourth-order valence-electron chi connectivity index (χ4n) is 1.46. The number of aromatic nitrogens is 2. The Morgan fingerprint density at radius 2 is 1.81 bits per heavy atom. The Balaban J connectivity index is 2.01. The van der Waals surface area contributed by atoms with Crippen LogP contribution in [0.2, 0.25) is 0 Å². The van der Waals surface area contributed by atoms with Crippen molar-refractivity contribution in [1.82, 2.24) is 9.97 Å². The van der Waals surface area contributed by atoms with Crippen molar-refractivity contribution in [2.24, 2.45) is 0 Å². The van der Waals surface area contributed by atoms with Gasteiger partial charge in [0.25, 0.3) is 0 Å². The van der Waals surface area contributed by atoms with E-state index in [-0.39, 0.29) is 0 Å². The van der Waals surface area contributed by atoms with E-state index in [1.54, 1.807) is 6.20 Å². The minimum atomic E-state index is 0.423. The highest BCUT2D eigenvalue weighted by Gasteiger charge is 1.96. The van der Waals surface area contributed by atoms with E-state index in [0.29, 0.717) is 18.3 Å². The van der Waals surface area contributed by atoms with Crippen molar-refractivity contribution in [3.63, 3.8) is 0 Å². The van der Waals surface area contributed by atoms with Gasteiger partial charge in [0.05, 0.1) is 19.0 Å². The van der Waals surface area contributed by atoms with Crippen LogP contribution in [0.5, 0.6) is 5.88 Å². The number of nitrogens with zero attached hydrogens (tertiary/aromatic N) is 2. The molecule has 1 heterocycles. The molecule has 1 rings (SSSR count). The van der Waals surface area contributed by atoms with Crippen LogP contribution < -0.4 is 10.5 Å². The molecule has 90 valence electrons. The van der Waals surface area contributed by atoms with Crippen LogP contribution in [-0.2, 0) is 0 Å². The first-order chi connectivity index (χ1) is 7.83. The van der Waals surface area contributed by atoms with Crippen LogP contribution in [0.4, 0.5) is 5.82 Å². The maximum Gasteiger partial charge on any atom is 0.232 e. The molecule has 16 heavy (non-hydrogen) atoms. The second-order valence-corrected chi connectivity index (χ2v) is 3.90. The maximum atomic E-state index is 5.44. The van der Waals surface area contributed by atoms with E-state index in [4.69, 9.17) is 10.5 Å². The quantitative estimate of drug-likeness (QED) is 0.688. The van der Waals surface area contributed by atoms with Crippen LogP contribution in [-0.4, -0.2) is 16.6 Å². The summed E-state index contributed by atoms with van der Waals surface area (Å²) in [6.07, 6.45) is 10.6. The number of rotatable bonds is 8. The summed E-state index contributed by atoms with van der Waals surface area (Å²) in [5.74, 6) is 0.981. The minimum absolute atomic E-state index is 0.423. The zero-order valence-electron chi connectivity index (χ0n) is 9.98. The monoisotopic (exact) mass is 223 g/mol. The van der Waals surface area contributed by atoms with Crippen LogP contribution in [0.1, 0.15) is 45.4 Å². The zero-order chi connectivity index (χ0) is 11.6. The Labute approximate surface area is 97.2 Å². The van der Waals surface area contributed by atoms with Gasteiger partial charge in [-0.3, -0.25) is 0 Å². The second kappa shape index (κ2) is 7.91. The number of hydrogen-bond donors (Lipinski definition) is 1. The summed E-state index contributed by atoms with van der Waals surface area (Å²) in [7, 11) is 0. The largest absolute Gasteiger partial charge is 0.477 e. The van der Waals surface area contributed by atoms with Crippen molar-refractivity contribution < 1.29 is 4.74 Å². The third-order valence-electron chi connectivity index (χ3n) is 2.40. The molecule has 0 unspecified atom stereocenters. The first-order valence-corrected chi connectivity index (χ1v) is 6.03. The van der Waals surface area contributed by atoms with Gasteiger partial charge in [-0.05, 0) is 6.42 Å². The summed E-state index contributed by atoms with van der Waals surface area (Å²) < 4.78 is 5.44. The SMILES string of the molecule is CCCCCCCCOc1cnc(N)cn1. The van der Waals surface area contributed by atoms with Gasteiger partial charge in [-0.2, -0.15) is 0 Å². The predicted molar refractivity (Wildman–Crippen MR) is 65.3 cm³/mol. The van der Waals surface area contributed by atoms with Crippen LogP contribution >= 0.6 is 0 Å². The summed E-state index contributed by atoms with van der Waals surface area (Å²) >= 11 is 0. The van der Waals surface area contributed by atoms with Crippen molar-refractivity contribution >= 4 is 5.82 Å². The Morgan fingerprint density at radius 1 is 1.06 bits per heavy atom. The lowest BCUT2D eigenvalue weighted by atomic mass is 10.1. The lowest BCUT2D eigenvalue weighted by molar-refractivity contribution is 0.292. The molecule has 0 saturated heterocycles. The van der Waals surface area contributed by atoms with Gasteiger partial charge < -0.3 is 10.5 Å². The van der Waals surface area contributed by atoms with Crippen molar-refractivity contribution in [3.8, 4) is 5.88 Å². The van der Waals surface area contributed by atoms with E-state index in [1.165, 1.54) is 38.3 Å². The molecule has 0 fully saturated rings. The second-order valence-electron chi connectivity index (χ2n) is 3.90. The average molecular weight is 223 g/mol. The first kappa shape index (κ1) is 12.7. The molecular formula is C12H21N3O. The van der Waals surface area contributed by atoms with Gasteiger partial charge in [0, 0.05) is 0 Å². The molecule has 1 aromatic heterocycles. The van der Waals surface area contributed by atoms with E-state index >= 15 is 0 Å². The van der Waals surface area contributed by atoms with Crippen molar-refractivity contribution in [3.05, 3.63) is 12.4 Å². The topological polar surface area (TPSA) is 61.0 Å². The molecule has 4 heteroatoms. The fourth-order valence-corrected chi connectivity index (χ4v) is 1.46. The number of anilines is 1. The highest BCUT2D eigenvalue weighted by molar-refractivity contribution is 5.24. The molecule has 0 atom stereocenters. The Bertz CT molecular complexity index is 274. The summed E-state index contributed by atoms with van der Waals surface area (Å²) in [6, 6.07) is 0. The van der Waals surface area contributed by atoms with Crippen LogP contribution in [0, 0.1) is 0 Å². The molecule has 2 N–H and O–H groups in total. The van der Waals surface area contributed by atoms with Crippen LogP contribution in [0.15, 0.2) is 12.4 Å². The molecule has 0 aliphatic carbocycles. The Kier molecular flexibility index (Phi) is 6.30.